The van der Waals surface area contributed by atoms with Gasteiger partial charge in [-0.15, -0.1) is 0 Å². The summed E-state index contributed by atoms with van der Waals surface area (Å²) in [6, 6.07) is 18.8. The number of aryl methyl sites for hydroxylation is 1. The number of methoxy groups -OCH3 is 1. The first-order chi connectivity index (χ1) is 13.5. The minimum Gasteiger partial charge on any atom is -0.493 e. The minimum atomic E-state index is -0.262. The van der Waals surface area contributed by atoms with Crippen LogP contribution in [0.15, 0.2) is 60.7 Å². The molecule has 0 unspecified atom stereocenters. The van der Waals surface area contributed by atoms with E-state index in [0.717, 1.165) is 14.7 Å². The number of rotatable bonds is 6. The Morgan fingerprint density at radius 1 is 1.11 bits per heavy atom. The summed E-state index contributed by atoms with van der Waals surface area (Å²) in [5, 5.41) is 3.38. The van der Waals surface area contributed by atoms with Gasteiger partial charge in [-0.3, -0.25) is 4.79 Å². The molecule has 0 aliphatic carbocycles. The fourth-order valence-corrected chi connectivity index (χ4v) is 3.72. The molecule has 0 heterocycles. The van der Waals surface area contributed by atoms with Crippen LogP contribution in [-0.4, -0.2) is 13.0 Å². The van der Waals surface area contributed by atoms with Crippen molar-refractivity contribution in [1.82, 2.24) is 0 Å². The summed E-state index contributed by atoms with van der Waals surface area (Å²) in [5.74, 6) is 0.850. The van der Waals surface area contributed by atoms with Gasteiger partial charge >= 0.3 is 0 Å². The molecule has 6 heteroatoms. The predicted molar refractivity (Wildman–Crippen MR) is 121 cm³/mol. The maximum atomic E-state index is 12.8. The van der Waals surface area contributed by atoms with Crippen molar-refractivity contribution in [2.45, 2.75) is 13.5 Å². The van der Waals surface area contributed by atoms with Gasteiger partial charge in [0.05, 0.1) is 21.4 Å². The zero-order chi connectivity index (χ0) is 20.1. The van der Waals surface area contributed by atoms with Crippen LogP contribution in [0.2, 0.25) is 5.02 Å². The van der Waals surface area contributed by atoms with Crippen molar-refractivity contribution in [2.24, 2.45) is 0 Å². The fraction of sp³-hybridized carbons (Fsp3) is 0.136. The van der Waals surface area contributed by atoms with Crippen LogP contribution in [0, 0.1) is 10.5 Å². The van der Waals surface area contributed by atoms with E-state index >= 15 is 0 Å². The van der Waals surface area contributed by atoms with Gasteiger partial charge in [-0.25, -0.2) is 0 Å². The number of nitrogens with one attached hydrogen (secondary N) is 1. The van der Waals surface area contributed by atoms with Crippen molar-refractivity contribution in [1.29, 1.82) is 0 Å². The quantitative estimate of drug-likeness (QED) is 0.411. The molecule has 0 atom stereocenters. The first-order valence-electron chi connectivity index (χ1n) is 8.60. The number of hydrogen-bond donors (Lipinski definition) is 1. The Kier molecular flexibility index (Phi) is 6.80. The second-order valence-corrected chi connectivity index (χ2v) is 7.72. The Morgan fingerprint density at radius 3 is 2.54 bits per heavy atom. The van der Waals surface area contributed by atoms with Crippen LogP contribution in [0.1, 0.15) is 21.5 Å². The Labute approximate surface area is 183 Å². The molecule has 0 aromatic heterocycles. The van der Waals surface area contributed by atoms with Crippen molar-refractivity contribution in [2.75, 3.05) is 12.4 Å². The predicted octanol–water partition coefficient (Wildman–Crippen LogP) is 6.09. The largest absolute Gasteiger partial charge is 0.493 e. The Bertz CT molecular complexity index is 972. The first kappa shape index (κ1) is 20.5. The molecule has 144 valence electrons. The number of carbonyl (C=O) groups excluding carboxylic acids is 1. The molecule has 0 spiro atoms. The number of amides is 1. The smallest absolute Gasteiger partial charge is 0.255 e. The third-order valence-electron chi connectivity index (χ3n) is 4.18. The van der Waals surface area contributed by atoms with Gasteiger partial charge in [0.2, 0.25) is 0 Å². The summed E-state index contributed by atoms with van der Waals surface area (Å²) in [7, 11) is 1.56. The monoisotopic (exact) mass is 507 g/mol. The van der Waals surface area contributed by atoms with Crippen LogP contribution < -0.4 is 14.8 Å². The standard InChI is InChI=1S/C22H19ClINO3/c1-14-7-6-10-17(23)20(14)25-22(26)16-11-18(24)21(19(12-16)27-2)28-13-15-8-4-3-5-9-15/h3-12H,13H2,1-2H3,(H,25,26). The lowest BCUT2D eigenvalue weighted by molar-refractivity contribution is 0.102. The highest BCUT2D eigenvalue weighted by molar-refractivity contribution is 14.1. The van der Waals surface area contributed by atoms with Gasteiger partial charge < -0.3 is 14.8 Å². The Morgan fingerprint density at radius 2 is 1.86 bits per heavy atom. The summed E-state index contributed by atoms with van der Waals surface area (Å²) in [6.45, 7) is 2.31. The lowest BCUT2D eigenvalue weighted by Crippen LogP contribution is -2.14. The molecule has 0 bridgehead atoms. The fourth-order valence-electron chi connectivity index (χ4n) is 2.70. The van der Waals surface area contributed by atoms with E-state index in [9.17, 15) is 4.79 Å². The minimum absolute atomic E-state index is 0.262. The van der Waals surface area contributed by atoms with Crippen molar-refractivity contribution < 1.29 is 14.3 Å². The SMILES string of the molecule is COc1cc(C(=O)Nc2c(C)cccc2Cl)cc(I)c1OCc1ccccc1. The highest BCUT2D eigenvalue weighted by Crippen LogP contribution is 2.35. The average Bonchev–Trinajstić information content (AvgIpc) is 2.70. The summed E-state index contributed by atoms with van der Waals surface area (Å²) in [5.41, 5.74) is 3.02. The van der Waals surface area contributed by atoms with E-state index in [1.807, 2.05) is 49.4 Å². The molecule has 0 aliphatic rings. The van der Waals surface area contributed by atoms with E-state index in [0.29, 0.717) is 34.4 Å². The maximum Gasteiger partial charge on any atom is 0.255 e. The molecule has 28 heavy (non-hydrogen) atoms. The molecular formula is C22H19ClINO3. The number of benzene rings is 3. The van der Waals surface area contributed by atoms with Gasteiger partial charge in [-0.1, -0.05) is 54.1 Å². The van der Waals surface area contributed by atoms with Gasteiger partial charge in [-0.05, 0) is 58.8 Å². The van der Waals surface area contributed by atoms with Crippen LogP contribution >= 0.6 is 34.2 Å². The van der Waals surface area contributed by atoms with Crippen LogP contribution in [-0.2, 0) is 6.61 Å². The van der Waals surface area contributed by atoms with Gasteiger partial charge in [0.1, 0.15) is 6.61 Å². The Hall–Kier alpha value is -2.25. The first-order valence-corrected chi connectivity index (χ1v) is 10.1. The lowest BCUT2D eigenvalue weighted by Gasteiger charge is -2.15. The number of carbonyl (C=O) groups is 1. The van der Waals surface area contributed by atoms with Gasteiger partial charge in [0.25, 0.3) is 5.91 Å². The second kappa shape index (κ2) is 9.30. The molecule has 3 rings (SSSR count). The molecule has 3 aromatic rings. The third-order valence-corrected chi connectivity index (χ3v) is 5.29. The molecule has 1 N–H and O–H groups in total. The third kappa shape index (κ3) is 4.77. The highest BCUT2D eigenvalue weighted by Gasteiger charge is 2.17. The molecule has 4 nitrogen and oxygen atoms in total. The molecule has 0 fully saturated rings. The molecule has 0 saturated heterocycles. The zero-order valence-corrected chi connectivity index (χ0v) is 18.4. The number of halogens is 2. The van der Waals surface area contributed by atoms with E-state index in [2.05, 4.69) is 27.9 Å². The van der Waals surface area contributed by atoms with E-state index in [1.165, 1.54) is 0 Å². The highest BCUT2D eigenvalue weighted by atomic mass is 127. The van der Waals surface area contributed by atoms with Crippen LogP contribution in [0.4, 0.5) is 5.69 Å². The Balaban J connectivity index is 1.83. The summed E-state index contributed by atoms with van der Waals surface area (Å²) >= 11 is 8.36. The van der Waals surface area contributed by atoms with Crippen LogP contribution in [0.3, 0.4) is 0 Å². The van der Waals surface area contributed by atoms with E-state index in [4.69, 9.17) is 21.1 Å². The normalized spacial score (nSPS) is 10.4. The summed E-state index contributed by atoms with van der Waals surface area (Å²) < 4.78 is 12.2. The molecule has 0 radical (unpaired) electrons. The second-order valence-electron chi connectivity index (χ2n) is 6.15. The van der Waals surface area contributed by atoms with E-state index < -0.39 is 0 Å². The van der Waals surface area contributed by atoms with Crippen molar-refractivity contribution in [3.8, 4) is 11.5 Å². The molecular weight excluding hydrogens is 489 g/mol. The molecule has 3 aromatic carbocycles. The molecule has 0 aliphatic heterocycles. The zero-order valence-electron chi connectivity index (χ0n) is 15.5. The average molecular weight is 508 g/mol. The van der Waals surface area contributed by atoms with Crippen LogP contribution in [0.25, 0.3) is 0 Å². The van der Waals surface area contributed by atoms with Crippen molar-refractivity contribution >= 4 is 45.8 Å². The van der Waals surface area contributed by atoms with E-state index in [1.54, 1.807) is 25.3 Å². The number of para-hydroxylation sites is 1. The lowest BCUT2D eigenvalue weighted by atomic mass is 10.1. The summed E-state index contributed by atoms with van der Waals surface area (Å²) in [6.07, 6.45) is 0. The van der Waals surface area contributed by atoms with Gasteiger partial charge in [-0.2, -0.15) is 0 Å². The molecule has 0 saturated carbocycles. The van der Waals surface area contributed by atoms with Gasteiger partial charge in [0, 0.05) is 5.56 Å². The number of ether oxygens (including phenoxy) is 2. The van der Waals surface area contributed by atoms with Gasteiger partial charge in [0.15, 0.2) is 11.5 Å². The number of hydrogen-bond acceptors (Lipinski definition) is 3. The van der Waals surface area contributed by atoms with Crippen molar-refractivity contribution in [3.63, 3.8) is 0 Å². The van der Waals surface area contributed by atoms with Crippen molar-refractivity contribution in [3.05, 3.63) is 85.9 Å². The summed E-state index contributed by atoms with van der Waals surface area (Å²) in [4.78, 5) is 12.8. The van der Waals surface area contributed by atoms with Crippen LogP contribution in [0.5, 0.6) is 11.5 Å². The van der Waals surface area contributed by atoms with E-state index in [-0.39, 0.29) is 5.91 Å². The maximum absolute atomic E-state index is 12.8. The molecule has 1 amide bonds. The topological polar surface area (TPSA) is 47.6 Å². The number of anilines is 1.